The number of hydrogen-bond acceptors (Lipinski definition) is 2. The number of rotatable bonds is 8. The van der Waals surface area contributed by atoms with E-state index in [4.69, 9.17) is 11.6 Å². The van der Waals surface area contributed by atoms with Gasteiger partial charge in [-0.3, -0.25) is 4.90 Å². The second-order valence-corrected chi connectivity index (χ2v) is 6.25. The van der Waals surface area contributed by atoms with Gasteiger partial charge in [-0.1, -0.05) is 38.4 Å². The molecule has 2 nitrogen and oxygen atoms in total. The molecule has 0 fully saturated rings. The predicted octanol–water partition coefficient (Wildman–Crippen LogP) is 4.12. The number of halogens is 2. The maximum Gasteiger partial charge on any atom is 0.127 e. The van der Waals surface area contributed by atoms with E-state index < -0.39 is 0 Å². The second-order valence-electron chi connectivity index (χ2n) is 5.84. The number of nitrogens with one attached hydrogen (secondary N) is 1. The molecule has 4 heteroatoms. The highest BCUT2D eigenvalue weighted by atomic mass is 35.5. The molecule has 0 aliphatic rings. The van der Waals surface area contributed by atoms with Crippen molar-refractivity contribution in [2.45, 2.75) is 52.6 Å². The molecule has 0 aliphatic carbocycles. The first-order chi connectivity index (χ1) is 9.88. The normalized spacial score (nSPS) is 13.7. The Morgan fingerprint density at radius 3 is 2.33 bits per heavy atom. The zero-order chi connectivity index (χ0) is 16.0. The molecule has 120 valence electrons. The summed E-state index contributed by atoms with van der Waals surface area (Å²) < 4.78 is 14.1. The minimum Gasteiger partial charge on any atom is -0.312 e. The van der Waals surface area contributed by atoms with E-state index >= 15 is 0 Å². The first-order valence-electron chi connectivity index (χ1n) is 7.79. The molecule has 1 rings (SSSR count). The summed E-state index contributed by atoms with van der Waals surface area (Å²) >= 11 is 6.19. The summed E-state index contributed by atoms with van der Waals surface area (Å²) in [6, 6.07) is 5.03. The number of likely N-dealkylation sites (N-methyl/N-ethyl adjacent to an activating group) is 2. The second kappa shape index (κ2) is 8.11. The average Bonchev–Trinajstić information content (AvgIpc) is 2.42. The number of hydrogen-bond donors (Lipinski definition) is 1. The van der Waals surface area contributed by atoms with E-state index in [-0.39, 0.29) is 17.4 Å². The Labute approximate surface area is 133 Å². The lowest BCUT2D eigenvalue weighted by molar-refractivity contribution is 0.0915. The van der Waals surface area contributed by atoms with Crippen LogP contribution in [0, 0.1) is 5.82 Å². The van der Waals surface area contributed by atoms with Crippen LogP contribution in [0.25, 0.3) is 0 Å². The third-order valence-electron chi connectivity index (χ3n) is 4.35. The fourth-order valence-corrected chi connectivity index (χ4v) is 3.25. The summed E-state index contributed by atoms with van der Waals surface area (Å²) in [5.41, 5.74) is 0.524. The molecule has 0 saturated heterocycles. The van der Waals surface area contributed by atoms with Gasteiger partial charge in [0.1, 0.15) is 5.82 Å². The summed E-state index contributed by atoms with van der Waals surface area (Å²) in [6.45, 7) is 13.6. The fraction of sp³-hybridized carbons (Fsp3) is 0.647. The average molecular weight is 315 g/mol. The van der Waals surface area contributed by atoms with Crippen LogP contribution in [0.5, 0.6) is 0 Å². The van der Waals surface area contributed by atoms with Crippen LogP contribution in [0.15, 0.2) is 18.2 Å². The molecule has 0 saturated carbocycles. The van der Waals surface area contributed by atoms with Gasteiger partial charge in [-0.15, -0.1) is 0 Å². The van der Waals surface area contributed by atoms with E-state index in [0.717, 1.165) is 19.6 Å². The molecule has 1 aromatic carbocycles. The van der Waals surface area contributed by atoms with Crippen LogP contribution in [0.2, 0.25) is 5.02 Å². The standard InChI is InChI=1S/C17H28ClFN2/c1-6-20-16(17(4,5)21(7-2)8-3)12-13-14(18)10-9-11-15(13)19/h9-11,16,20H,6-8,12H2,1-5H3. The van der Waals surface area contributed by atoms with Gasteiger partial charge in [-0.05, 0) is 52.0 Å². The van der Waals surface area contributed by atoms with Crippen LogP contribution in [-0.4, -0.2) is 36.1 Å². The molecular formula is C17H28ClFN2. The van der Waals surface area contributed by atoms with Crippen molar-refractivity contribution in [1.82, 2.24) is 10.2 Å². The van der Waals surface area contributed by atoms with Crippen LogP contribution in [0.4, 0.5) is 4.39 Å². The topological polar surface area (TPSA) is 15.3 Å². The third kappa shape index (κ3) is 4.41. The van der Waals surface area contributed by atoms with Gasteiger partial charge in [-0.25, -0.2) is 4.39 Å². The van der Waals surface area contributed by atoms with E-state index in [1.807, 2.05) is 0 Å². The Kier molecular flexibility index (Phi) is 7.11. The van der Waals surface area contributed by atoms with Gasteiger partial charge in [0.25, 0.3) is 0 Å². The number of nitrogens with zero attached hydrogens (tertiary/aromatic N) is 1. The molecule has 0 radical (unpaired) electrons. The van der Waals surface area contributed by atoms with Crippen molar-refractivity contribution in [3.05, 3.63) is 34.6 Å². The largest absolute Gasteiger partial charge is 0.312 e. The Bertz CT molecular complexity index is 424. The molecule has 1 unspecified atom stereocenters. The van der Waals surface area contributed by atoms with E-state index in [1.54, 1.807) is 12.1 Å². The fourth-order valence-electron chi connectivity index (χ4n) is 3.01. The molecule has 0 amide bonds. The minimum absolute atomic E-state index is 0.0783. The zero-order valence-electron chi connectivity index (χ0n) is 13.8. The summed E-state index contributed by atoms with van der Waals surface area (Å²) in [4.78, 5) is 2.40. The molecule has 0 aromatic heterocycles. The molecule has 1 aromatic rings. The summed E-state index contributed by atoms with van der Waals surface area (Å²) in [6.07, 6.45) is 0.586. The van der Waals surface area contributed by atoms with Gasteiger partial charge < -0.3 is 5.32 Å². The van der Waals surface area contributed by atoms with Gasteiger partial charge in [0.15, 0.2) is 0 Å². The van der Waals surface area contributed by atoms with Crippen molar-refractivity contribution in [3.8, 4) is 0 Å². The summed E-state index contributed by atoms with van der Waals surface area (Å²) in [5.74, 6) is -0.222. The van der Waals surface area contributed by atoms with E-state index in [2.05, 4.69) is 44.8 Å². The van der Waals surface area contributed by atoms with Gasteiger partial charge in [0.2, 0.25) is 0 Å². The van der Waals surface area contributed by atoms with E-state index in [0.29, 0.717) is 17.0 Å². The molecule has 1 atom stereocenters. The lowest BCUT2D eigenvalue weighted by atomic mass is 9.87. The predicted molar refractivity (Wildman–Crippen MR) is 89.6 cm³/mol. The maximum atomic E-state index is 14.1. The SMILES string of the molecule is CCNC(Cc1c(F)cccc1Cl)C(C)(C)N(CC)CC. The molecular weight excluding hydrogens is 287 g/mol. The Balaban J connectivity index is 3.07. The Morgan fingerprint density at radius 2 is 1.86 bits per heavy atom. The molecule has 0 spiro atoms. The van der Waals surface area contributed by atoms with Crippen molar-refractivity contribution in [3.63, 3.8) is 0 Å². The van der Waals surface area contributed by atoms with Crippen LogP contribution in [0.1, 0.15) is 40.2 Å². The van der Waals surface area contributed by atoms with Gasteiger partial charge in [0.05, 0.1) is 0 Å². The lowest BCUT2D eigenvalue weighted by Gasteiger charge is -2.44. The lowest BCUT2D eigenvalue weighted by Crippen LogP contribution is -2.58. The molecule has 0 aliphatic heterocycles. The van der Waals surface area contributed by atoms with Gasteiger partial charge >= 0.3 is 0 Å². The van der Waals surface area contributed by atoms with Crippen LogP contribution in [-0.2, 0) is 6.42 Å². The highest BCUT2D eigenvalue weighted by Gasteiger charge is 2.34. The zero-order valence-corrected chi connectivity index (χ0v) is 14.6. The van der Waals surface area contributed by atoms with E-state index in [1.165, 1.54) is 6.07 Å². The maximum absolute atomic E-state index is 14.1. The van der Waals surface area contributed by atoms with Gasteiger partial charge in [0, 0.05) is 22.2 Å². The van der Waals surface area contributed by atoms with Crippen molar-refractivity contribution >= 4 is 11.6 Å². The van der Waals surface area contributed by atoms with Crippen molar-refractivity contribution in [2.24, 2.45) is 0 Å². The van der Waals surface area contributed by atoms with Gasteiger partial charge in [-0.2, -0.15) is 0 Å². The smallest absolute Gasteiger partial charge is 0.127 e. The molecule has 0 bridgehead atoms. The Morgan fingerprint density at radius 1 is 1.24 bits per heavy atom. The summed E-state index contributed by atoms with van der Waals surface area (Å²) in [5, 5.41) is 4.02. The highest BCUT2D eigenvalue weighted by Crippen LogP contribution is 2.26. The minimum atomic E-state index is -0.222. The van der Waals surface area contributed by atoms with Crippen LogP contribution in [0.3, 0.4) is 0 Å². The summed E-state index contributed by atoms with van der Waals surface area (Å²) in [7, 11) is 0. The quantitative estimate of drug-likeness (QED) is 0.776. The van der Waals surface area contributed by atoms with Crippen molar-refractivity contribution < 1.29 is 4.39 Å². The van der Waals surface area contributed by atoms with E-state index in [9.17, 15) is 4.39 Å². The molecule has 21 heavy (non-hydrogen) atoms. The molecule has 1 N–H and O–H groups in total. The monoisotopic (exact) mass is 314 g/mol. The van der Waals surface area contributed by atoms with Crippen molar-refractivity contribution in [2.75, 3.05) is 19.6 Å². The van der Waals surface area contributed by atoms with Crippen molar-refractivity contribution in [1.29, 1.82) is 0 Å². The first kappa shape index (κ1) is 18.4. The Hall–Kier alpha value is -0.640. The number of benzene rings is 1. The molecule has 0 heterocycles. The highest BCUT2D eigenvalue weighted by molar-refractivity contribution is 6.31. The first-order valence-corrected chi connectivity index (χ1v) is 8.17. The third-order valence-corrected chi connectivity index (χ3v) is 4.71. The van der Waals surface area contributed by atoms with Crippen LogP contribution >= 0.6 is 11.6 Å². The van der Waals surface area contributed by atoms with Crippen LogP contribution < -0.4 is 5.32 Å².